The van der Waals surface area contributed by atoms with Crippen molar-refractivity contribution in [1.29, 1.82) is 0 Å². The molecule has 2 atom stereocenters. The molecule has 2 N–H and O–H groups in total. The van der Waals surface area contributed by atoms with Crippen molar-refractivity contribution in [2.75, 3.05) is 0 Å². The third kappa shape index (κ3) is 5.78. The maximum Gasteiger partial charge on any atom is 0.0253 e. The van der Waals surface area contributed by atoms with Gasteiger partial charge in [0.15, 0.2) is 0 Å². The predicted molar refractivity (Wildman–Crippen MR) is 69.7 cm³/mol. The number of hydrogen-bond acceptors (Lipinski definition) is 1. The van der Waals surface area contributed by atoms with Crippen molar-refractivity contribution >= 4 is 0 Å². The zero-order valence-electron chi connectivity index (χ0n) is 10.8. The summed E-state index contributed by atoms with van der Waals surface area (Å²) in [5.74, 6) is 1.76. The molecule has 88 valence electrons. The molecule has 0 spiro atoms. The van der Waals surface area contributed by atoms with Gasteiger partial charge in [-0.2, -0.15) is 0 Å². The number of nitrogens with two attached hydrogens (primary N) is 1. The Bertz CT molecular complexity index is 203. The standard InChI is InChI=1S/C14H27N/c1-7-13(11(4)5)9-12(6)14(15)8-10(2)3/h7,10-11,13-14H,1,6,8-9,15H2,2-5H3. The molecule has 0 aliphatic heterocycles. The number of rotatable bonds is 7. The minimum Gasteiger partial charge on any atom is -0.324 e. The summed E-state index contributed by atoms with van der Waals surface area (Å²) in [5, 5.41) is 0. The summed E-state index contributed by atoms with van der Waals surface area (Å²) in [4.78, 5) is 0. The largest absolute Gasteiger partial charge is 0.324 e. The zero-order chi connectivity index (χ0) is 12.0. The van der Waals surface area contributed by atoms with Gasteiger partial charge in [0.2, 0.25) is 0 Å². The maximum absolute atomic E-state index is 6.09. The van der Waals surface area contributed by atoms with Gasteiger partial charge >= 0.3 is 0 Å². The van der Waals surface area contributed by atoms with Crippen molar-refractivity contribution in [1.82, 2.24) is 0 Å². The molecule has 2 unspecified atom stereocenters. The third-order valence-electron chi connectivity index (χ3n) is 2.91. The molecule has 0 rings (SSSR count). The molecule has 0 aromatic rings. The first-order valence-corrected chi connectivity index (χ1v) is 5.94. The Morgan fingerprint density at radius 2 is 1.80 bits per heavy atom. The van der Waals surface area contributed by atoms with Crippen LogP contribution in [0.15, 0.2) is 24.8 Å². The SMILES string of the molecule is C=CC(CC(=C)C(N)CC(C)C)C(C)C. The lowest BCUT2D eigenvalue weighted by Gasteiger charge is -2.22. The van der Waals surface area contributed by atoms with Gasteiger partial charge < -0.3 is 5.73 Å². The predicted octanol–water partition coefficient (Wildman–Crippen LogP) is 3.76. The maximum atomic E-state index is 6.09. The first-order chi connectivity index (χ1) is 6.88. The first-order valence-electron chi connectivity index (χ1n) is 5.94. The average Bonchev–Trinajstić information content (AvgIpc) is 2.11. The van der Waals surface area contributed by atoms with Gasteiger partial charge in [-0.1, -0.05) is 45.9 Å². The fourth-order valence-corrected chi connectivity index (χ4v) is 1.72. The van der Waals surface area contributed by atoms with E-state index in [-0.39, 0.29) is 6.04 Å². The lowest BCUT2D eigenvalue weighted by atomic mass is 9.86. The van der Waals surface area contributed by atoms with E-state index in [9.17, 15) is 0 Å². The van der Waals surface area contributed by atoms with Gasteiger partial charge in [0.1, 0.15) is 0 Å². The highest BCUT2D eigenvalue weighted by Gasteiger charge is 2.15. The second kappa shape index (κ2) is 6.84. The topological polar surface area (TPSA) is 26.0 Å². The Balaban J connectivity index is 4.16. The fourth-order valence-electron chi connectivity index (χ4n) is 1.72. The molecule has 0 aliphatic carbocycles. The van der Waals surface area contributed by atoms with Crippen LogP contribution in [-0.2, 0) is 0 Å². The molecule has 0 aliphatic rings. The lowest BCUT2D eigenvalue weighted by molar-refractivity contribution is 0.439. The Hall–Kier alpha value is -0.560. The minimum atomic E-state index is 0.145. The summed E-state index contributed by atoms with van der Waals surface area (Å²) < 4.78 is 0. The molecule has 0 amide bonds. The molecule has 1 heteroatoms. The Kier molecular flexibility index (Phi) is 6.58. The van der Waals surface area contributed by atoms with Crippen LogP contribution in [0.1, 0.15) is 40.5 Å². The van der Waals surface area contributed by atoms with Crippen LogP contribution in [0.2, 0.25) is 0 Å². The van der Waals surface area contributed by atoms with E-state index in [1.807, 2.05) is 6.08 Å². The van der Waals surface area contributed by atoms with Crippen LogP contribution >= 0.6 is 0 Å². The van der Waals surface area contributed by atoms with Crippen molar-refractivity contribution < 1.29 is 0 Å². The molecule has 0 radical (unpaired) electrons. The summed E-state index contributed by atoms with van der Waals surface area (Å²) in [6.45, 7) is 16.8. The van der Waals surface area contributed by atoms with Crippen LogP contribution in [0.25, 0.3) is 0 Å². The average molecular weight is 209 g/mol. The highest BCUT2D eigenvalue weighted by Crippen LogP contribution is 2.23. The molecule has 0 heterocycles. The van der Waals surface area contributed by atoms with E-state index in [4.69, 9.17) is 5.73 Å². The molecule has 0 saturated carbocycles. The van der Waals surface area contributed by atoms with Crippen molar-refractivity contribution in [3.05, 3.63) is 24.8 Å². The van der Waals surface area contributed by atoms with E-state index in [1.165, 1.54) is 5.57 Å². The Labute approximate surface area is 95.4 Å². The van der Waals surface area contributed by atoms with Crippen molar-refractivity contribution in [2.45, 2.75) is 46.6 Å². The molecule has 1 nitrogen and oxygen atoms in total. The summed E-state index contributed by atoms with van der Waals surface area (Å²) in [7, 11) is 0. The van der Waals surface area contributed by atoms with E-state index < -0.39 is 0 Å². The van der Waals surface area contributed by atoms with Gasteiger partial charge in [-0.25, -0.2) is 0 Å². The van der Waals surface area contributed by atoms with Crippen molar-refractivity contribution in [3.8, 4) is 0 Å². The van der Waals surface area contributed by atoms with Crippen LogP contribution in [0.4, 0.5) is 0 Å². The van der Waals surface area contributed by atoms with E-state index in [2.05, 4.69) is 40.9 Å². The molecular weight excluding hydrogens is 182 g/mol. The normalized spacial score (nSPS) is 15.4. The number of allylic oxidation sites excluding steroid dienone is 1. The van der Waals surface area contributed by atoms with E-state index in [0.717, 1.165) is 12.8 Å². The highest BCUT2D eigenvalue weighted by molar-refractivity contribution is 5.07. The molecule has 0 saturated heterocycles. The van der Waals surface area contributed by atoms with Gasteiger partial charge in [-0.15, -0.1) is 6.58 Å². The van der Waals surface area contributed by atoms with Crippen molar-refractivity contribution in [3.63, 3.8) is 0 Å². The monoisotopic (exact) mass is 209 g/mol. The smallest absolute Gasteiger partial charge is 0.0253 e. The van der Waals surface area contributed by atoms with Gasteiger partial charge in [-0.05, 0) is 30.6 Å². The Morgan fingerprint density at radius 3 is 2.13 bits per heavy atom. The van der Waals surface area contributed by atoms with Crippen LogP contribution in [0.5, 0.6) is 0 Å². The summed E-state index contributed by atoms with van der Waals surface area (Å²) in [6.07, 6.45) is 4.04. The van der Waals surface area contributed by atoms with Crippen LogP contribution in [-0.4, -0.2) is 6.04 Å². The highest BCUT2D eigenvalue weighted by atomic mass is 14.6. The van der Waals surface area contributed by atoms with Gasteiger partial charge in [0.25, 0.3) is 0 Å². The zero-order valence-corrected chi connectivity index (χ0v) is 10.8. The van der Waals surface area contributed by atoms with E-state index in [0.29, 0.717) is 17.8 Å². The van der Waals surface area contributed by atoms with E-state index in [1.54, 1.807) is 0 Å². The summed E-state index contributed by atoms with van der Waals surface area (Å²) >= 11 is 0. The molecule has 0 bridgehead atoms. The number of hydrogen-bond donors (Lipinski definition) is 1. The van der Waals surface area contributed by atoms with Crippen molar-refractivity contribution in [2.24, 2.45) is 23.5 Å². The van der Waals surface area contributed by atoms with Crippen LogP contribution in [0.3, 0.4) is 0 Å². The molecule has 0 aromatic carbocycles. The van der Waals surface area contributed by atoms with Gasteiger partial charge in [0.05, 0.1) is 0 Å². The van der Waals surface area contributed by atoms with Gasteiger partial charge in [0, 0.05) is 6.04 Å². The Morgan fingerprint density at radius 1 is 1.27 bits per heavy atom. The lowest BCUT2D eigenvalue weighted by Crippen LogP contribution is -2.25. The quantitative estimate of drug-likeness (QED) is 0.635. The first kappa shape index (κ1) is 14.4. The second-order valence-corrected chi connectivity index (χ2v) is 5.24. The third-order valence-corrected chi connectivity index (χ3v) is 2.91. The van der Waals surface area contributed by atoms with Crippen LogP contribution < -0.4 is 5.73 Å². The van der Waals surface area contributed by atoms with Gasteiger partial charge in [-0.3, -0.25) is 0 Å². The molecular formula is C14H27N. The second-order valence-electron chi connectivity index (χ2n) is 5.24. The summed E-state index contributed by atoms with van der Waals surface area (Å²) in [6, 6.07) is 0.145. The van der Waals surface area contributed by atoms with E-state index >= 15 is 0 Å². The minimum absolute atomic E-state index is 0.145. The molecule has 15 heavy (non-hydrogen) atoms. The molecule has 0 aromatic heterocycles. The summed E-state index contributed by atoms with van der Waals surface area (Å²) in [5.41, 5.74) is 7.26. The molecule has 0 fully saturated rings. The van der Waals surface area contributed by atoms with Crippen LogP contribution in [0, 0.1) is 17.8 Å². The fraction of sp³-hybridized carbons (Fsp3) is 0.714.